The molecule has 0 fully saturated rings. The van der Waals surface area contributed by atoms with Gasteiger partial charge in [-0.3, -0.25) is 0 Å². The van der Waals surface area contributed by atoms with Crippen molar-refractivity contribution in [1.29, 1.82) is 0 Å². The summed E-state index contributed by atoms with van der Waals surface area (Å²) in [5, 5.41) is 8.74. The normalized spacial score (nSPS) is 19.0. The molecule has 0 aliphatic heterocycles. The number of hydrogen-bond acceptors (Lipinski definition) is 1. The van der Waals surface area contributed by atoms with Gasteiger partial charge in [0.05, 0.1) is 0 Å². The van der Waals surface area contributed by atoms with Crippen LogP contribution >= 0.6 is 0 Å². The lowest BCUT2D eigenvalue weighted by molar-refractivity contribution is -0.131. The minimum absolute atomic E-state index is 0.560. The Morgan fingerprint density at radius 1 is 1.12 bits per heavy atom. The summed E-state index contributed by atoms with van der Waals surface area (Å²) >= 11 is 0. The topological polar surface area (TPSA) is 37.3 Å². The Kier molecular flexibility index (Phi) is 8.68. The predicted molar refractivity (Wildman–Crippen MR) is 108 cm³/mol. The first-order valence-corrected chi connectivity index (χ1v) is 9.39. The molecule has 0 saturated heterocycles. The predicted octanol–water partition coefficient (Wildman–Crippen LogP) is 6.63. The van der Waals surface area contributed by atoms with Crippen molar-refractivity contribution in [3.63, 3.8) is 0 Å². The van der Waals surface area contributed by atoms with Crippen molar-refractivity contribution in [2.45, 2.75) is 67.2 Å². The average molecular weight is 343 g/mol. The maximum atomic E-state index is 10.6. The molecule has 25 heavy (non-hydrogen) atoms. The van der Waals surface area contributed by atoms with Crippen LogP contribution in [0, 0.1) is 11.8 Å². The number of carboxylic acid groups (broad SMARTS) is 1. The van der Waals surface area contributed by atoms with Crippen LogP contribution in [0.5, 0.6) is 0 Å². The third kappa shape index (κ3) is 7.72. The van der Waals surface area contributed by atoms with Crippen molar-refractivity contribution in [2.75, 3.05) is 0 Å². The van der Waals surface area contributed by atoms with Crippen molar-refractivity contribution in [2.24, 2.45) is 11.8 Å². The van der Waals surface area contributed by atoms with Gasteiger partial charge < -0.3 is 5.11 Å². The van der Waals surface area contributed by atoms with E-state index < -0.39 is 5.97 Å². The van der Waals surface area contributed by atoms with Gasteiger partial charge in [0.25, 0.3) is 0 Å². The van der Waals surface area contributed by atoms with E-state index in [0.29, 0.717) is 11.8 Å². The number of hydrogen-bond donors (Lipinski definition) is 1. The zero-order valence-corrected chi connectivity index (χ0v) is 16.7. The molecule has 1 N–H and O–H groups in total. The molecule has 0 aromatic heterocycles. The molecule has 1 aliphatic carbocycles. The summed E-state index contributed by atoms with van der Waals surface area (Å²) in [5.74, 6) is 0.354. The molecule has 138 valence electrons. The highest BCUT2D eigenvalue weighted by atomic mass is 16.4. The van der Waals surface area contributed by atoms with E-state index in [9.17, 15) is 4.79 Å². The van der Waals surface area contributed by atoms with E-state index in [4.69, 9.17) is 5.11 Å². The lowest BCUT2D eigenvalue weighted by Crippen LogP contribution is -2.10. The second-order valence-corrected chi connectivity index (χ2v) is 7.79. The van der Waals surface area contributed by atoms with Crippen LogP contribution in [0.2, 0.25) is 0 Å². The molecule has 2 nitrogen and oxygen atoms in total. The Morgan fingerprint density at radius 3 is 2.36 bits per heavy atom. The van der Waals surface area contributed by atoms with Crippen LogP contribution < -0.4 is 0 Å². The van der Waals surface area contributed by atoms with Crippen molar-refractivity contribution < 1.29 is 9.90 Å². The molecule has 0 unspecified atom stereocenters. The van der Waals surface area contributed by atoms with Gasteiger partial charge in [0.1, 0.15) is 0 Å². The van der Waals surface area contributed by atoms with Gasteiger partial charge in [-0.25, -0.2) is 4.79 Å². The number of carbonyl (C=O) groups is 1. The van der Waals surface area contributed by atoms with Crippen molar-refractivity contribution in [1.82, 2.24) is 0 Å². The quantitative estimate of drug-likeness (QED) is 0.416. The second-order valence-electron chi connectivity index (χ2n) is 7.79. The molecular weight excluding hydrogens is 308 g/mol. The molecular formula is C23H34O2. The Labute approximate surface area is 153 Å². The summed E-state index contributed by atoms with van der Waals surface area (Å²) in [6.45, 7) is 13.1. The van der Waals surface area contributed by atoms with E-state index in [-0.39, 0.29) is 0 Å². The number of aliphatic carboxylic acids is 1. The zero-order valence-electron chi connectivity index (χ0n) is 16.7. The van der Waals surface area contributed by atoms with E-state index in [1.807, 2.05) is 12.2 Å². The highest BCUT2D eigenvalue weighted by molar-refractivity contribution is 5.81. The molecule has 0 atom stereocenters. The molecule has 1 rings (SSSR count). The fourth-order valence-corrected chi connectivity index (χ4v) is 3.54. The fourth-order valence-electron chi connectivity index (χ4n) is 3.54. The van der Waals surface area contributed by atoms with Gasteiger partial charge in [-0.05, 0) is 68.1 Å². The highest BCUT2D eigenvalue weighted by Gasteiger charge is 2.20. The van der Waals surface area contributed by atoms with Gasteiger partial charge >= 0.3 is 5.97 Å². The first-order valence-electron chi connectivity index (χ1n) is 9.39. The van der Waals surface area contributed by atoms with Crippen LogP contribution in [0.1, 0.15) is 67.2 Å². The Bertz CT molecular complexity index is 622. The van der Waals surface area contributed by atoms with Crippen LogP contribution in [0.4, 0.5) is 0 Å². The minimum Gasteiger partial charge on any atom is -0.478 e. The lowest BCUT2D eigenvalue weighted by Gasteiger charge is -2.27. The molecule has 0 saturated carbocycles. The SMILES string of the molecule is CC(=C/C=C/C(C)=C/C(=O)O)C=C1CCCC(CC(C)C)=C1C(C)C. The zero-order chi connectivity index (χ0) is 19.0. The first kappa shape index (κ1) is 21.2. The summed E-state index contributed by atoms with van der Waals surface area (Å²) < 4.78 is 0. The lowest BCUT2D eigenvalue weighted by atomic mass is 9.78. The number of carboxylic acids is 1. The van der Waals surface area contributed by atoms with E-state index in [1.54, 1.807) is 18.1 Å². The average Bonchev–Trinajstić information content (AvgIpc) is 2.45. The summed E-state index contributed by atoms with van der Waals surface area (Å²) in [6.07, 6.45) is 14.2. The summed E-state index contributed by atoms with van der Waals surface area (Å²) in [6, 6.07) is 0. The molecule has 0 radical (unpaired) electrons. The van der Waals surface area contributed by atoms with E-state index in [2.05, 4.69) is 46.8 Å². The van der Waals surface area contributed by atoms with Gasteiger partial charge in [-0.1, -0.05) is 63.1 Å². The molecule has 2 heteroatoms. The molecule has 0 heterocycles. The number of rotatable bonds is 7. The molecule has 0 aromatic rings. The first-order chi connectivity index (χ1) is 11.7. The Morgan fingerprint density at radius 2 is 1.80 bits per heavy atom. The molecule has 0 bridgehead atoms. The third-order valence-electron chi connectivity index (χ3n) is 4.35. The van der Waals surface area contributed by atoms with Gasteiger partial charge in [0.2, 0.25) is 0 Å². The maximum absolute atomic E-state index is 10.6. The van der Waals surface area contributed by atoms with Crippen molar-refractivity contribution in [3.8, 4) is 0 Å². The van der Waals surface area contributed by atoms with E-state index in [1.165, 1.54) is 36.5 Å². The smallest absolute Gasteiger partial charge is 0.328 e. The fraction of sp³-hybridized carbons (Fsp3) is 0.522. The van der Waals surface area contributed by atoms with Gasteiger partial charge in [-0.15, -0.1) is 0 Å². The summed E-state index contributed by atoms with van der Waals surface area (Å²) in [7, 11) is 0. The summed E-state index contributed by atoms with van der Waals surface area (Å²) in [4.78, 5) is 10.6. The van der Waals surface area contributed by atoms with Crippen molar-refractivity contribution in [3.05, 3.63) is 58.2 Å². The van der Waals surface area contributed by atoms with E-state index in [0.717, 1.165) is 12.0 Å². The third-order valence-corrected chi connectivity index (χ3v) is 4.35. The molecule has 0 amide bonds. The second kappa shape index (κ2) is 10.2. The minimum atomic E-state index is -0.906. The number of allylic oxidation sites excluding steroid dienone is 9. The van der Waals surface area contributed by atoms with Gasteiger partial charge in [-0.2, -0.15) is 0 Å². The van der Waals surface area contributed by atoms with Crippen LogP contribution in [-0.4, -0.2) is 11.1 Å². The largest absolute Gasteiger partial charge is 0.478 e. The van der Waals surface area contributed by atoms with Crippen LogP contribution in [0.3, 0.4) is 0 Å². The monoisotopic (exact) mass is 342 g/mol. The Balaban J connectivity index is 3.04. The summed E-state index contributed by atoms with van der Waals surface area (Å²) in [5.41, 5.74) is 6.64. The van der Waals surface area contributed by atoms with Crippen LogP contribution in [-0.2, 0) is 4.79 Å². The Hall–Kier alpha value is -1.83. The van der Waals surface area contributed by atoms with Crippen LogP contribution in [0.25, 0.3) is 0 Å². The molecule has 0 aromatic carbocycles. The van der Waals surface area contributed by atoms with Crippen LogP contribution in [0.15, 0.2) is 58.2 Å². The highest BCUT2D eigenvalue weighted by Crippen LogP contribution is 2.37. The molecule has 0 spiro atoms. The van der Waals surface area contributed by atoms with Crippen molar-refractivity contribution >= 4 is 5.97 Å². The standard InChI is InChI=1S/C23H34O2/c1-16(2)13-20-11-8-12-21(23(20)17(3)4)14-18(5)9-7-10-19(6)15-22(24)25/h7,9-10,14-17H,8,11-13H2,1-6H3,(H,24,25)/b10-7+,18-9?,19-15+,21-14?. The van der Waals surface area contributed by atoms with Gasteiger partial charge in [0.15, 0.2) is 0 Å². The van der Waals surface area contributed by atoms with E-state index >= 15 is 0 Å². The van der Waals surface area contributed by atoms with Gasteiger partial charge in [0, 0.05) is 6.08 Å². The molecule has 1 aliphatic rings. The maximum Gasteiger partial charge on any atom is 0.328 e.